The normalized spacial score (nSPS) is 14.7. The molecule has 1 amide bonds. The number of ether oxygens (including phenoxy) is 1. The van der Waals surface area contributed by atoms with Crippen LogP contribution in [0.1, 0.15) is 23.7 Å². The molecule has 2 heterocycles. The lowest BCUT2D eigenvalue weighted by Gasteiger charge is -2.22. The maximum absolute atomic E-state index is 13.2. The topological polar surface area (TPSA) is 86.3 Å². The lowest BCUT2D eigenvalue weighted by Crippen LogP contribution is -2.31. The number of hydrogen-bond acceptors (Lipinski definition) is 6. The summed E-state index contributed by atoms with van der Waals surface area (Å²) < 4.78 is 6.84. The fourth-order valence-corrected chi connectivity index (χ4v) is 4.51. The molecule has 0 bridgehead atoms. The molecule has 0 saturated carbocycles. The highest BCUT2D eigenvalue weighted by molar-refractivity contribution is 8.00. The van der Waals surface area contributed by atoms with Crippen molar-refractivity contribution in [2.45, 2.75) is 23.2 Å². The van der Waals surface area contributed by atoms with E-state index in [1.807, 2.05) is 59.5 Å². The molecule has 1 saturated heterocycles. The molecule has 2 N–H and O–H groups in total. The van der Waals surface area contributed by atoms with Crippen LogP contribution in [0.15, 0.2) is 59.8 Å². The molecule has 1 atom stereocenters. The van der Waals surface area contributed by atoms with E-state index in [1.165, 1.54) is 16.4 Å². The van der Waals surface area contributed by atoms with E-state index in [0.717, 1.165) is 37.1 Å². The van der Waals surface area contributed by atoms with Gasteiger partial charge in [0.15, 0.2) is 5.82 Å². The first-order valence-corrected chi connectivity index (χ1v) is 10.4. The van der Waals surface area contributed by atoms with Crippen molar-refractivity contribution in [1.82, 2.24) is 19.8 Å². The van der Waals surface area contributed by atoms with Crippen LogP contribution in [0.5, 0.6) is 5.75 Å². The average Bonchev–Trinajstić information content (AvgIpc) is 3.42. The Labute approximate surface area is 173 Å². The molecular formula is C21H23N5O2S. The van der Waals surface area contributed by atoms with Crippen LogP contribution in [0.2, 0.25) is 0 Å². The maximum Gasteiger partial charge on any atom is 0.240 e. The van der Waals surface area contributed by atoms with E-state index in [-0.39, 0.29) is 5.91 Å². The van der Waals surface area contributed by atoms with E-state index in [0.29, 0.717) is 16.7 Å². The largest absolute Gasteiger partial charge is 0.496 e. The number of rotatable bonds is 6. The first kappa shape index (κ1) is 19.3. The van der Waals surface area contributed by atoms with Gasteiger partial charge in [0.05, 0.1) is 12.7 Å². The second-order valence-corrected chi connectivity index (χ2v) is 7.89. The molecule has 1 fully saturated rings. The van der Waals surface area contributed by atoms with Gasteiger partial charge in [0, 0.05) is 13.1 Å². The van der Waals surface area contributed by atoms with Gasteiger partial charge in [-0.15, -0.1) is 10.2 Å². The van der Waals surface area contributed by atoms with Crippen molar-refractivity contribution in [2.24, 2.45) is 0 Å². The summed E-state index contributed by atoms with van der Waals surface area (Å²) >= 11 is 1.32. The van der Waals surface area contributed by atoms with E-state index in [9.17, 15) is 4.79 Å². The Morgan fingerprint density at radius 2 is 1.76 bits per heavy atom. The molecule has 1 unspecified atom stereocenters. The van der Waals surface area contributed by atoms with Crippen molar-refractivity contribution < 1.29 is 9.53 Å². The zero-order valence-electron chi connectivity index (χ0n) is 16.2. The Balaban J connectivity index is 1.66. The second kappa shape index (κ2) is 8.57. The maximum atomic E-state index is 13.2. The van der Waals surface area contributed by atoms with Crippen LogP contribution >= 0.6 is 11.8 Å². The zero-order valence-corrected chi connectivity index (χ0v) is 17.0. The highest BCUT2D eigenvalue weighted by atomic mass is 32.2. The lowest BCUT2D eigenvalue weighted by atomic mass is 10.1. The van der Waals surface area contributed by atoms with Gasteiger partial charge in [-0.05, 0) is 30.5 Å². The minimum atomic E-state index is -0.425. The molecule has 7 nitrogen and oxygen atoms in total. The summed E-state index contributed by atoms with van der Waals surface area (Å²) in [4.78, 5) is 15.1. The minimum Gasteiger partial charge on any atom is -0.496 e. The van der Waals surface area contributed by atoms with E-state index >= 15 is 0 Å². The molecular weight excluding hydrogens is 386 g/mol. The van der Waals surface area contributed by atoms with Crippen molar-refractivity contribution >= 4 is 17.7 Å². The van der Waals surface area contributed by atoms with Crippen LogP contribution in [0.25, 0.3) is 11.4 Å². The SMILES string of the molecule is COc1ccccc1-c1nnc(SC(C(=O)N2CCCC2)c2ccccc2)n1N. The van der Waals surface area contributed by atoms with Crippen LogP contribution in [0.3, 0.4) is 0 Å². The predicted octanol–water partition coefficient (Wildman–Crippen LogP) is 3.12. The van der Waals surface area contributed by atoms with E-state index in [1.54, 1.807) is 7.11 Å². The highest BCUT2D eigenvalue weighted by Crippen LogP contribution is 2.38. The predicted molar refractivity (Wildman–Crippen MR) is 113 cm³/mol. The molecule has 1 aliphatic rings. The summed E-state index contributed by atoms with van der Waals surface area (Å²) in [5.41, 5.74) is 1.68. The number of nitrogens with two attached hydrogens (primary N) is 1. The smallest absolute Gasteiger partial charge is 0.240 e. The number of carbonyl (C=O) groups is 1. The summed E-state index contributed by atoms with van der Waals surface area (Å²) in [5.74, 6) is 7.57. The van der Waals surface area contributed by atoms with Crippen molar-refractivity contribution in [1.29, 1.82) is 0 Å². The summed E-state index contributed by atoms with van der Waals surface area (Å²) in [6, 6.07) is 17.2. The Morgan fingerprint density at radius 1 is 1.07 bits per heavy atom. The monoisotopic (exact) mass is 409 g/mol. The fourth-order valence-electron chi connectivity index (χ4n) is 3.47. The van der Waals surface area contributed by atoms with Crippen LogP contribution in [0.4, 0.5) is 0 Å². The lowest BCUT2D eigenvalue weighted by molar-refractivity contribution is -0.129. The number of likely N-dealkylation sites (tertiary alicyclic amines) is 1. The number of nitrogen functional groups attached to an aromatic ring is 1. The van der Waals surface area contributed by atoms with Gasteiger partial charge >= 0.3 is 0 Å². The number of amides is 1. The van der Waals surface area contributed by atoms with Crippen molar-refractivity contribution in [3.63, 3.8) is 0 Å². The highest BCUT2D eigenvalue weighted by Gasteiger charge is 2.30. The summed E-state index contributed by atoms with van der Waals surface area (Å²) in [5, 5.41) is 8.58. The number of hydrogen-bond donors (Lipinski definition) is 1. The number of nitrogens with zero attached hydrogens (tertiary/aromatic N) is 4. The Bertz CT molecular complexity index is 986. The van der Waals surface area contributed by atoms with Crippen LogP contribution in [-0.2, 0) is 4.79 Å². The van der Waals surface area contributed by atoms with Crippen LogP contribution in [0, 0.1) is 0 Å². The molecule has 150 valence electrons. The average molecular weight is 410 g/mol. The van der Waals surface area contributed by atoms with Crippen molar-refractivity contribution in [3.8, 4) is 17.1 Å². The zero-order chi connectivity index (χ0) is 20.2. The number of thioether (sulfide) groups is 1. The Morgan fingerprint density at radius 3 is 2.48 bits per heavy atom. The molecule has 4 rings (SSSR count). The molecule has 0 spiro atoms. The van der Waals surface area contributed by atoms with E-state index < -0.39 is 5.25 Å². The van der Waals surface area contributed by atoms with Gasteiger partial charge in [-0.25, -0.2) is 4.68 Å². The number of methoxy groups -OCH3 is 1. The first-order valence-electron chi connectivity index (χ1n) is 9.53. The quantitative estimate of drug-likeness (QED) is 0.497. The van der Waals surface area contributed by atoms with Gasteiger partial charge in [0.2, 0.25) is 11.1 Å². The molecule has 0 radical (unpaired) electrons. The van der Waals surface area contributed by atoms with Crippen LogP contribution in [-0.4, -0.2) is 45.9 Å². The Hall–Kier alpha value is -3.00. The number of aromatic nitrogens is 3. The van der Waals surface area contributed by atoms with Crippen molar-refractivity contribution in [2.75, 3.05) is 26.0 Å². The third-order valence-corrected chi connectivity index (χ3v) is 6.18. The summed E-state index contributed by atoms with van der Waals surface area (Å²) in [6.45, 7) is 1.59. The third-order valence-electron chi connectivity index (χ3n) is 4.98. The molecule has 8 heteroatoms. The standard InChI is InChI=1S/C21H23N5O2S/c1-28-17-12-6-5-11-16(17)19-23-24-21(26(19)22)29-18(15-9-3-2-4-10-15)20(27)25-13-7-8-14-25/h2-6,9-12,18H,7-8,13-14,22H2,1H3. The van der Waals surface area contributed by atoms with Gasteiger partial charge in [0.1, 0.15) is 11.0 Å². The molecule has 1 aliphatic heterocycles. The second-order valence-electron chi connectivity index (χ2n) is 6.82. The summed E-state index contributed by atoms with van der Waals surface area (Å²) in [6.07, 6.45) is 2.09. The van der Waals surface area contributed by atoms with E-state index in [4.69, 9.17) is 10.6 Å². The number of para-hydroxylation sites is 1. The van der Waals surface area contributed by atoms with Gasteiger partial charge in [-0.2, -0.15) is 0 Å². The van der Waals surface area contributed by atoms with Crippen LogP contribution < -0.4 is 10.6 Å². The first-order chi connectivity index (χ1) is 14.2. The van der Waals surface area contributed by atoms with Gasteiger partial charge < -0.3 is 15.5 Å². The number of benzene rings is 2. The Kier molecular flexibility index (Phi) is 5.71. The van der Waals surface area contributed by atoms with E-state index in [2.05, 4.69) is 10.2 Å². The molecule has 2 aromatic carbocycles. The molecule has 0 aliphatic carbocycles. The van der Waals surface area contributed by atoms with Crippen molar-refractivity contribution in [3.05, 3.63) is 60.2 Å². The van der Waals surface area contributed by atoms with Gasteiger partial charge in [-0.1, -0.05) is 54.2 Å². The third kappa shape index (κ3) is 3.93. The minimum absolute atomic E-state index is 0.0838. The molecule has 1 aromatic heterocycles. The fraction of sp³-hybridized carbons (Fsp3) is 0.286. The summed E-state index contributed by atoms with van der Waals surface area (Å²) in [7, 11) is 1.60. The molecule has 3 aromatic rings. The van der Waals surface area contributed by atoms with Gasteiger partial charge in [-0.3, -0.25) is 4.79 Å². The van der Waals surface area contributed by atoms with Gasteiger partial charge in [0.25, 0.3) is 0 Å². The number of carbonyl (C=O) groups excluding carboxylic acids is 1. The molecule has 29 heavy (non-hydrogen) atoms.